The summed E-state index contributed by atoms with van der Waals surface area (Å²) < 4.78 is 2.05. The van der Waals surface area contributed by atoms with Crippen molar-refractivity contribution in [3.63, 3.8) is 0 Å². The van der Waals surface area contributed by atoms with E-state index >= 15 is 0 Å². The average Bonchev–Trinajstić information content (AvgIpc) is 3.09. The summed E-state index contributed by atoms with van der Waals surface area (Å²) in [7, 11) is 0. The van der Waals surface area contributed by atoms with Gasteiger partial charge >= 0.3 is 0 Å². The molecule has 1 amide bonds. The second-order valence-corrected chi connectivity index (χ2v) is 6.98. The van der Waals surface area contributed by atoms with Crippen molar-refractivity contribution < 1.29 is 4.79 Å². The summed E-state index contributed by atoms with van der Waals surface area (Å²) in [4.78, 5) is 19.3. The number of piperazine rings is 1. The van der Waals surface area contributed by atoms with Crippen molar-refractivity contribution in [2.45, 2.75) is 19.0 Å². The molecule has 0 aliphatic carbocycles. The Morgan fingerprint density at radius 2 is 2.12 bits per heavy atom. The van der Waals surface area contributed by atoms with E-state index in [1.165, 1.54) is 0 Å². The molecular formula is C20H21ClN4O. The lowest BCUT2D eigenvalue weighted by Crippen LogP contribution is -2.48. The molecule has 1 saturated heterocycles. The molecule has 0 saturated carbocycles. The van der Waals surface area contributed by atoms with Crippen LogP contribution in [0.15, 0.2) is 54.9 Å². The Morgan fingerprint density at radius 1 is 1.23 bits per heavy atom. The molecule has 4 rings (SSSR count). The quantitative estimate of drug-likeness (QED) is 0.769. The lowest BCUT2D eigenvalue weighted by Gasteiger charge is -2.36. The summed E-state index contributed by atoms with van der Waals surface area (Å²) in [5, 5.41) is 4.08. The van der Waals surface area contributed by atoms with Gasteiger partial charge in [-0.05, 0) is 29.8 Å². The smallest absolute Gasteiger partial charge is 0.224 e. The second-order valence-electron chi connectivity index (χ2n) is 6.54. The van der Waals surface area contributed by atoms with E-state index in [2.05, 4.69) is 10.3 Å². The monoisotopic (exact) mass is 368 g/mol. The number of hydrogen-bond acceptors (Lipinski definition) is 3. The van der Waals surface area contributed by atoms with Crippen LogP contribution in [-0.4, -0.2) is 40.0 Å². The minimum atomic E-state index is 0.0227. The number of amides is 1. The van der Waals surface area contributed by atoms with Crippen molar-refractivity contribution in [3.05, 3.63) is 65.4 Å². The van der Waals surface area contributed by atoms with E-state index in [1.54, 1.807) is 0 Å². The van der Waals surface area contributed by atoms with Crippen LogP contribution in [0, 0.1) is 0 Å². The second kappa shape index (κ2) is 7.48. The molecule has 5 nitrogen and oxygen atoms in total. The fourth-order valence-corrected chi connectivity index (χ4v) is 3.76. The maximum absolute atomic E-state index is 12.9. The van der Waals surface area contributed by atoms with Crippen LogP contribution < -0.4 is 5.32 Å². The van der Waals surface area contributed by atoms with Gasteiger partial charge in [0.05, 0.1) is 23.4 Å². The molecule has 134 valence electrons. The fourth-order valence-electron chi connectivity index (χ4n) is 3.56. The summed E-state index contributed by atoms with van der Waals surface area (Å²) in [5.41, 5.74) is 3.09. The van der Waals surface area contributed by atoms with Crippen LogP contribution in [0.4, 0.5) is 0 Å². The average molecular weight is 369 g/mol. The number of halogens is 1. The zero-order valence-corrected chi connectivity index (χ0v) is 15.2. The van der Waals surface area contributed by atoms with E-state index in [1.807, 2.05) is 64.3 Å². The van der Waals surface area contributed by atoms with E-state index < -0.39 is 0 Å². The number of fused-ring (bicyclic) bond motifs is 1. The van der Waals surface area contributed by atoms with Crippen LogP contribution in [0.5, 0.6) is 0 Å². The van der Waals surface area contributed by atoms with Crippen molar-refractivity contribution in [2.24, 2.45) is 0 Å². The SMILES string of the molecule is O=C(CCn1cnc2ccccc21)N1CCNCC1c1cccc(Cl)c1. The number of rotatable bonds is 4. The molecule has 1 aliphatic heterocycles. The van der Waals surface area contributed by atoms with Gasteiger partial charge in [0, 0.05) is 37.6 Å². The summed E-state index contributed by atoms with van der Waals surface area (Å²) in [6.07, 6.45) is 2.27. The molecule has 1 unspecified atom stereocenters. The number of hydrogen-bond donors (Lipinski definition) is 1. The number of carbonyl (C=O) groups is 1. The summed E-state index contributed by atoms with van der Waals surface area (Å²) in [6, 6.07) is 15.8. The van der Waals surface area contributed by atoms with Gasteiger partial charge in [0.15, 0.2) is 0 Å². The third kappa shape index (κ3) is 3.45. The Balaban J connectivity index is 1.49. The van der Waals surface area contributed by atoms with Crippen LogP contribution in [0.3, 0.4) is 0 Å². The van der Waals surface area contributed by atoms with Crippen molar-refractivity contribution in [3.8, 4) is 0 Å². The van der Waals surface area contributed by atoms with Crippen LogP contribution in [0.2, 0.25) is 5.02 Å². The number of carbonyl (C=O) groups excluding carboxylic acids is 1. The first-order valence-corrected chi connectivity index (χ1v) is 9.26. The molecule has 0 radical (unpaired) electrons. The molecule has 2 aromatic carbocycles. The molecular weight excluding hydrogens is 348 g/mol. The third-order valence-corrected chi connectivity index (χ3v) is 5.13. The molecule has 1 fully saturated rings. The van der Waals surface area contributed by atoms with Gasteiger partial charge in [-0.25, -0.2) is 4.98 Å². The Hall–Kier alpha value is -2.37. The Bertz CT molecular complexity index is 923. The topological polar surface area (TPSA) is 50.2 Å². The highest BCUT2D eigenvalue weighted by Crippen LogP contribution is 2.25. The van der Waals surface area contributed by atoms with E-state index in [9.17, 15) is 4.79 Å². The van der Waals surface area contributed by atoms with Gasteiger partial charge in [-0.15, -0.1) is 0 Å². The van der Waals surface area contributed by atoms with E-state index in [0.717, 1.165) is 29.7 Å². The maximum atomic E-state index is 12.9. The summed E-state index contributed by atoms with van der Waals surface area (Å²) in [6.45, 7) is 2.91. The first-order chi connectivity index (χ1) is 12.7. The fraction of sp³-hybridized carbons (Fsp3) is 0.300. The van der Waals surface area contributed by atoms with Crippen LogP contribution in [0.1, 0.15) is 18.0 Å². The predicted octanol–water partition coefficient (Wildman–Crippen LogP) is 3.25. The first kappa shape index (κ1) is 17.1. The number of imidazole rings is 1. The predicted molar refractivity (Wildman–Crippen MR) is 103 cm³/mol. The van der Waals surface area contributed by atoms with Gasteiger partial charge < -0.3 is 14.8 Å². The van der Waals surface area contributed by atoms with Gasteiger partial charge in [-0.1, -0.05) is 35.9 Å². The highest BCUT2D eigenvalue weighted by molar-refractivity contribution is 6.30. The molecule has 1 N–H and O–H groups in total. The molecule has 2 heterocycles. The number of aryl methyl sites for hydroxylation is 1. The largest absolute Gasteiger partial charge is 0.333 e. The van der Waals surface area contributed by atoms with E-state index in [-0.39, 0.29) is 11.9 Å². The zero-order chi connectivity index (χ0) is 17.9. The van der Waals surface area contributed by atoms with Crippen LogP contribution in [0.25, 0.3) is 11.0 Å². The Kier molecular flexibility index (Phi) is 4.91. The van der Waals surface area contributed by atoms with Gasteiger partial charge in [-0.3, -0.25) is 4.79 Å². The molecule has 1 atom stereocenters. The molecule has 1 aliphatic rings. The number of benzene rings is 2. The van der Waals surface area contributed by atoms with Gasteiger partial charge in [0.1, 0.15) is 0 Å². The van der Waals surface area contributed by atoms with Crippen molar-refractivity contribution in [1.29, 1.82) is 0 Å². The molecule has 0 spiro atoms. The maximum Gasteiger partial charge on any atom is 0.224 e. The van der Waals surface area contributed by atoms with Crippen LogP contribution >= 0.6 is 11.6 Å². The van der Waals surface area contributed by atoms with Crippen molar-refractivity contribution in [2.75, 3.05) is 19.6 Å². The highest BCUT2D eigenvalue weighted by Gasteiger charge is 2.27. The summed E-state index contributed by atoms with van der Waals surface area (Å²) >= 11 is 6.14. The number of aromatic nitrogens is 2. The molecule has 0 bridgehead atoms. The normalized spacial score (nSPS) is 17.6. The van der Waals surface area contributed by atoms with Gasteiger partial charge in [-0.2, -0.15) is 0 Å². The molecule has 1 aromatic heterocycles. The number of nitrogens with one attached hydrogen (secondary N) is 1. The minimum absolute atomic E-state index is 0.0227. The number of para-hydroxylation sites is 2. The standard InChI is InChI=1S/C20H21ClN4O/c21-16-5-3-4-15(12-16)19-13-22-9-11-25(19)20(26)8-10-24-14-23-17-6-1-2-7-18(17)24/h1-7,12,14,19,22H,8-11,13H2. The zero-order valence-electron chi connectivity index (χ0n) is 14.4. The highest BCUT2D eigenvalue weighted by atomic mass is 35.5. The van der Waals surface area contributed by atoms with Gasteiger partial charge in [0.25, 0.3) is 0 Å². The van der Waals surface area contributed by atoms with E-state index in [4.69, 9.17) is 11.6 Å². The Morgan fingerprint density at radius 3 is 3.00 bits per heavy atom. The van der Waals surface area contributed by atoms with Gasteiger partial charge in [0.2, 0.25) is 5.91 Å². The molecule has 6 heteroatoms. The van der Waals surface area contributed by atoms with Crippen LogP contribution in [-0.2, 0) is 11.3 Å². The minimum Gasteiger partial charge on any atom is -0.333 e. The van der Waals surface area contributed by atoms with Crippen molar-refractivity contribution >= 4 is 28.5 Å². The summed E-state index contributed by atoms with van der Waals surface area (Å²) in [5.74, 6) is 0.161. The third-order valence-electron chi connectivity index (χ3n) is 4.89. The Labute approximate surface area is 157 Å². The molecule has 26 heavy (non-hydrogen) atoms. The first-order valence-electron chi connectivity index (χ1n) is 8.88. The van der Waals surface area contributed by atoms with E-state index in [0.29, 0.717) is 24.5 Å². The van der Waals surface area contributed by atoms with Crippen molar-refractivity contribution in [1.82, 2.24) is 19.8 Å². The lowest BCUT2D eigenvalue weighted by molar-refractivity contribution is -0.134. The lowest BCUT2D eigenvalue weighted by atomic mass is 10.0. The number of nitrogens with zero attached hydrogens (tertiary/aromatic N) is 3. The molecule has 3 aromatic rings.